The molecule has 0 aromatic heterocycles. The van der Waals surface area contributed by atoms with Crippen molar-refractivity contribution in [2.75, 3.05) is 21.2 Å². The number of hydrogen-bond acceptors (Lipinski definition) is 4. The maximum absolute atomic E-state index is 12.2. The third-order valence-corrected chi connectivity index (χ3v) is 4.27. The van der Waals surface area contributed by atoms with Crippen LogP contribution in [-0.4, -0.2) is 32.0 Å². The van der Waals surface area contributed by atoms with Crippen molar-refractivity contribution in [1.29, 1.82) is 5.26 Å². The Kier molecular flexibility index (Phi) is 7.62. The first kappa shape index (κ1) is 21.8. The van der Waals surface area contributed by atoms with Gasteiger partial charge in [-0.25, -0.2) is 0 Å². The molecule has 0 unspecified atom stereocenters. The first-order valence-corrected chi connectivity index (χ1v) is 9.23. The van der Waals surface area contributed by atoms with Crippen LogP contribution in [0.15, 0.2) is 54.6 Å². The minimum Gasteiger partial charge on any atom is -0.493 e. The highest BCUT2D eigenvalue weighted by Crippen LogP contribution is 2.35. The number of likely N-dealkylation sites (N-methyl/N-ethyl adjacent to an activating group) is 1. The van der Waals surface area contributed by atoms with Gasteiger partial charge in [0.05, 0.1) is 7.11 Å². The van der Waals surface area contributed by atoms with E-state index in [0.29, 0.717) is 30.1 Å². The van der Waals surface area contributed by atoms with Gasteiger partial charge >= 0.3 is 0 Å². The summed E-state index contributed by atoms with van der Waals surface area (Å²) in [5, 5.41) is 9.36. The second-order valence-corrected chi connectivity index (χ2v) is 6.85. The Morgan fingerprint density at radius 3 is 2.62 bits per heavy atom. The summed E-state index contributed by atoms with van der Waals surface area (Å²) in [4.78, 5) is 13.5. The maximum Gasteiger partial charge on any atom is 0.264 e. The fourth-order valence-corrected chi connectivity index (χ4v) is 2.90. The molecule has 0 heterocycles. The van der Waals surface area contributed by atoms with Crippen LogP contribution < -0.4 is 9.47 Å². The highest BCUT2D eigenvalue weighted by Gasteiger charge is 2.15. The van der Waals surface area contributed by atoms with Crippen LogP contribution in [-0.2, 0) is 17.8 Å². The second-order valence-electron chi connectivity index (χ2n) is 6.85. The second kappa shape index (κ2) is 10.1. The molecule has 0 aliphatic carbocycles. The number of rotatable bonds is 8. The van der Waals surface area contributed by atoms with Gasteiger partial charge in [0.1, 0.15) is 18.2 Å². The minimum absolute atomic E-state index is 0.0510. The molecule has 0 N–H and O–H groups in total. The standard InChI is InChI=1S/C24H26N2O3/c1-6-8-20-12-19(13-21(15-25)24(27)26(3)4)14-22(28-5)23(20)29-16-18-10-7-9-17(2)11-18/h6-7,9-14H,1,8,16H2,2-5H3/b21-13-. The molecule has 0 fully saturated rings. The third kappa shape index (κ3) is 5.73. The molecule has 0 aliphatic rings. The molecule has 0 saturated heterocycles. The van der Waals surface area contributed by atoms with E-state index in [1.54, 1.807) is 39.4 Å². The molecule has 5 heteroatoms. The summed E-state index contributed by atoms with van der Waals surface area (Å²) in [5.41, 5.74) is 3.83. The molecule has 150 valence electrons. The van der Waals surface area contributed by atoms with Crippen LogP contribution in [0.1, 0.15) is 22.3 Å². The van der Waals surface area contributed by atoms with Gasteiger partial charge in [0.2, 0.25) is 0 Å². The van der Waals surface area contributed by atoms with Crippen molar-refractivity contribution in [3.05, 3.63) is 76.9 Å². The van der Waals surface area contributed by atoms with Gasteiger partial charge in [-0.3, -0.25) is 4.79 Å². The molecule has 0 atom stereocenters. The molecule has 0 bridgehead atoms. The van der Waals surface area contributed by atoms with Gasteiger partial charge in [0, 0.05) is 19.7 Å². The summed E-state index contributed by atoms with van der Waals surface area (Å²) in [6, 6.07) is 13.7. The number of carbonyl (C=O) groups is 1. The van der Waals surface area contributed by atoms with Crippen molar-refractivity contribution in [3.63, 3.8) is 0 Å². The van der Waals surface area contributed by atoms with Crippen molar-refractivity contribution >= 4 is 12.0 Å². The van der Waals surface area contributed by atoms with Gasteiger partial charge in [-0.05, 0) is 42.7 Å². The van der Waals surface area contributed by atoms with E-state index in [-0.39, 0.29) is 11.5 Å². The fraction of sp³-hybridized carbons (Fsp3) is 0.250. The molecule has 2 aromatic rings. The normalized spacial score (nSPS) is 10.8. The zero-order valence-corrected chi connectivity index (χ0v) is 17.4. The Hall–Kier alpha value is -3.52. The summed E-state index contributed by atoms with van der Waals surface area (Å²) in [6.07, 6.45) is 3.89. The monoisotopic (exact) mass is 390 g/mol. The highest BCUT2D eigenvalue weighted by atomic mass is 16.5. The fourth-order valence-electron chi connectivity index (χ4n) is 2.90. The minimum atomic E-state index is -0.350. The topological polar surface area (TPSA) is 62.6 Å². The Labute approximate surface area is 172 Å². The number of carbonyl (C=O) groups excluding carboxylic acids is 1. The van der Waals surface area contributed by atoms with Gasteiger partial charge < -0.3 is 14.4 Å². The van der Waals surface area contributed by atoms with E-state index in [0.717, 1.165) is 11.1 Å². The van der Waals surface area contributed by atoms with Gasteiger partial charge in [-0.1, -0.05) is 35.9 Å². The third-order valence-electron chi connectivity index (χ3n) is 4.27. The number of methoxy groups -OCH3 is 1. The van der Waals surface area contributed by atoms with Crippen LogP contribution >= 0.6 is 0 Å². The van der Waals surface area contributed by atoms with Crippen molar-refractivity contribution in [3.8, 4) is 17.6 Å². The number of hydrogen-bond donors (Lipinski definition) is 0. The number of nitriles is 1. The lowest BCUT2D eigenvalue weighted by Crippen LogP contribution is -2.22. The zero-order chi connectivity index (χ0) is 21.4. The average Bonchev–Trinajstić information content (AvgIpc) is 2.70. The van der Waals surface area contributed by atoms with Crippen LogP contribution in [0.3, 0.4) is 0 Å². The van der Waals surface area contributed by atoms with E-state index >= 15 is 0 Å². The SMILES string of the molecule is C=CCc1cc(/C=C(/C#N)C(=O)N(C)C)cc(OC)c1OCc1cccc(C)c1. The molecule has 0 aliphatic heterocycles. The number of ether oxygens (including phenoxy) is 2. The smallest absolute Gasteiger partial charge is 0.264 e. The van der Waals surface area contributed by atoms with Gasteiger partial charge in [-0.2, -0.15) is 5.26 Å². The molecule has 29 heavy (non-hydrogen) atoms. The lowest BCUT2D eigenvalue weighted by molar-refractivity contribution is -0.124. The Morgan fingerprint density at radius 1 is 1.28 bits per heavy atom. The van der Waals surface area contributed by atoms with Gasteiger partial charge in [-0.15, -0.1) is 6.58 Å². The Morgan fingerprint density at radius 2 is 2.03 bits per heavy atom. The molecule has 1 amide bonds. The predicted molar refractivity (Wildman–Crippen MR) is 115 cm³/mol. The van der Waals surface area contributed by atoms with Crippen LogP contribution in [0.4, 0.5) is 0 Å². The van der Waals surface area contributed by atoms with Gasteiger partial charge in [0.15, 0.2) is 11.5 Å². The van der Waals surface area contributed by atoms with Gasteiger partial charge in [0.25, 0.3) is 5.91 Å². The van der Waals surface area contributed by atoms with E-state index in [1.807, 2.05) is 37.3 Å². The number of aryl methyl sites for hydroxylation is 1. The first-order valence-electron chi connectivity index (χ1n) is 9.23. The van der Waals surface area contributed by atoms with E-state index in [2.05, 4.69) is 12.6 Å². The average molecular weight is 390 g/mol. The molecule has 5 nitrogen and oxygen atoms in total. The van der Waals surface area contributed by atoms with Crippen LogP contribution in [0.25, 0.3) is 6.08 Å². The lowest BCUT2D eigenvalue weighted by atomic mass is 10.0. The van der Waals surface area contributed by atoms with Crippen molar-refractivity contribution in [2.45, 2.75) is 20.0 Å². The van der Waals surface area contributed by atoms with E-state index in [4.69, 9.17) is 9.47 Å². The summed E-state index contributed by atoms with van der Waals surface area (Å²) in [6.45, 7) is 6.26. The van der Waals surface area contributed by atoms with E-state index < -0.39 is 0 Å². The molecular weight excluding hydrogens is 364 g/mol. The summed E-state index contributed by atoms with van der Waals surface area (Å²) < 4.78 is 11.6. The summed E-state index contributed by atoms with van der Waals surface area (Å²) in [5.74, 6) is 0.817. The number of allylic oxidation sites excluding steroid dienone is 1. The molecular formula is C24H26N2O3. The Bertz CT molecular complexity index is 969. The summed E-state index contributed by atoms with van der Waals surface area (Å²) >= 11 is 0. The lowest BCUT2D eigenvalue weighted by Gasteiger charge is -2.16. The largest absolute Gasteiger partial charge is 0.493 e. The molecule has 2 aromatic carbocycles. The number of benzene rings is 2. The molecule has 2 rings (SSSR count). The Balaban J connectivity index is 2.43. The quantitative estimate of drug-likeness (QED) is 0.383. The van der Waals surface area contributed by atoms with Crippen molar-refractivity contribution in [1.82, 2.24) is 4.90 Å². The number of amides is 1. The molecule has 0 spiro atoms. The molecule has 0 radical (unpaired) electrons. The van der Waals surface area contributed by atoms with Crippen LogP contribution in [0, 0.1) is 18.3 Å². The molecule has 0 saturated carbocycles. The van der Waals surface area contributed by atoms with E-state index in [1.165, 1.54) is 10.5 Å². The van der Waals surface area contributed by atoms with E-state index in [9.17, 15) is 10.1 Å². The summed E-state index contributed by atoms with van der Waals surface area (Å²) in [7, 11) is 4.79. The highest BCUT2D eigenvalue weighted by molar-refractivity contribution is 6.01. The number of nitrogens with zero attached hydrogens (tertiary/aromatic N) is 2. The first-order chi connectivity index (χ1) is 13.9. The van der Waals surface area contributed by atoms with Crippen LogP contribution in [0.2, 0.25) is 0 Å². The zero-order valence-electron chi connectivity index (χ0n) is 17.4. The van der Waals surface area contributed by atoms with Crippen molar-refractivity contribution in [2.24, 2.45) is 0 Å². The van der Waals surface area contributed by atoms with Crippen molar-refractivity contribution < 1.29 is 14.3 Å². The van der Waals surface area contributed by atoms with Crippen LogP contribution in [0.5, 0.6) is 11.5 Å². The maximum atomic E-state index is 12.2. The predicted octanol–water partition coefficient (Wildman–Crippen LogP) is 4.31.